The Hall–Kier alpha value is -2.12. The van der Waals surface area contributed by atoms with Gasteiger partial charge in [0.25, 0.3) is 0 Å². The lowest BCUT2D eigenvalue weighted by atomic mass is 9.86. The second-order valence-corrected chi connectivity index (χ2v) is 7.71. The van der Waals surface area contributed by atoms with Crippen LogP contribution < -0.4 is 5.32 Å². The Morgan fingerprint density at radius 1 is 1.14 bits per heavy atom. The quantitative estimate of drug-likeness (QED) is 0.764. The van der Waals surface area contributed by atoms with Gasteiger partial charge in [-0.1, -0.05) is 12.1 Å². The van der Waals surface area contributed by atoms with E-state index >= 15 is 0 Å². The van der Waals surface area contributed by atoms with Gasteiger partial charge in [0.1, 0.15) is 0 Å². The molecule has 2 aromatic rings. The fourth-order valence-corrected chi connectivity index (χ4v) is 4.51. The number of benzene rings is 1. The van der Waals surface area contributed by atoms with Gasteiger partial charge in [-0.3, -0.25) is 14.7 Å². The maximum absolute atomic E-state index is 12.8. The minimum absolute atomic E-state index is 0. The van der Waals surface area contributed by atoms with Crippen LogP contribution in [0.5, 0.6) is 0 Å². The monoisotopic (exact) mass is 425 g/mol. The predicted molar refractivity (Wildman–Crippen MR) is 107 cm³/mol. The Kier molecular flexibility index (Phi) is 5.92. The zero-order valence-corrected chi connectivity index (χ0v) is 16.8. The van der Waals surface area contributed by atoms with Crippen molar-refractivity contribution >= 4 is 18.3 Å². The molecule has 0 radical (unpaired) electrons. The lowest BCUT2D eigenvalue weighted by Gasteiger charge is -2.41. The molecule has 2 aliphatic rings. The fraction of sp³-hybridized carbons (Fsp3) is 0.429. The van der Waals surface area contributed by atoms with Crippen LogP contribution in [0.15, 0.2) is 42.6 Å². The number of aromatic nitrogens is 1. The summed E-state index contributed by atoms with van der Waals surface area (Å²) in [7, 11) is 2.04. The normalized spacial score (nSPS) is 25.0. The van der Waals surface area contributed by atoms with Crippen LogP contribution in [-0.2, 0) is 11.0 Å². The number of carbonyl (C=O) groups excluding carboxylic acids is 1. The molecule has 1 aromatic carbocycles. The summed E-state index contributed by atoms with van der Waals surface area (Å²) in [6.07, 6.45) is 0.633. The highest BCUT2D eigenvalue weighted by atomic mass is 35.5. The summed E-state index contributed by atoms with van der Waals surface area (Å²) in [5, 5.41) is 2.89. The molecule has 4 rings (SSSR count). The van der Waals surface area contributed by atoms with Crippen LogP contribution >= 0.6 is 12.4 Å². The second kappa shape index (κ2) is 7.95. The van der Waals surface area contributed by atoms with Crippen LogP contribution in [0.2, 0.25) is 0 Å². The minimum Gasteiger partial charge on any atom is -0.356 e. The van der Waals surface area contributed by atoms with Gasteiger partial charge in [0, 0.05) is 24.7 Å². The number of amides is 1. The van der Waals surface area contributed by atoms with Crippen molar-refractivity contribution in [3.63, 3.8) is 0 Å². The molecule has 8 heteroatoms. The third-order valence-electron chi connectivity index (χ3n) is 6.17. The van der Waals surface area contributed by atoms with Crippen molar-refractivity contribution in [2.45, 2.75) is 43.4 Å². The van der Waals surface area contributed by atoms with Crippen LogP contribution in [0.1, 0.15) is 43.0 Å². The summed E-state index contributed by atoms with van der Waals surface area (Å²) in [5.41, 5.74) is 1.68. The Morgan fingerprint density at radius 3 is 2.52 bits per heavy atom. The second-order valence-electron chi connectivity index (χ2n) is 7.71. The average Bonchev–Trinajstić information content (AvgIpc) is 2.97. The summed E-state index contributed by atoms with van der Waals surface area (Å²) < 4.78 is 38.4. The van der Waals surface area contributed by atoms with E-state index in [0.717, 1.165) is 48.2 Å². The van der Waals surface area contributed by atoms with Gasteiger partial charge in [0.2, 0.25) is 5.91 Å². The molecule has 0 bridgehead atoms. The molecule has 1 aromatic heterocycles. The summed E-state index contributed by atoms with van der Waals surface area (Å²) in [5.74, 6) is 0.0882. The van der Waals surface area contributed by atoms with E-state index in [-0.39, 0.29) is 29.9 Å². The first-order valence-electron chi connectivity index (χ1n) is 9.42. The van der Waals surface area contributed by atoms with E-state index in [2.05, 4.69) is 15.2 Å². The number of piperidine rings is 1. The topological polar surface area (TPSA) is 45.2 Å². The van der Waals surface area contributed by atoms with Crippen LogP contribution in [0.4, 0.5) is 13.2 Å². The minimum atomic E-state index is -4.34. The van der Waals surface area contributed by atoms with Gasteiger partial charge in [-0.05, 0) is 61.7 Å². The number of likely N-dealkylation sites (tertiary alicyclic amines) is 1. The Balaban J connectivity index is 0.00000240. The largest absolute Gasteiger partial charge is 0.416 e. The molecule has 2 fully saturated rings. The number of nitrogens with zero attached hydrogens (tertiary/aromatic N) is 2. The number of pyridine rings is 1. The molecule has 1 N–H and O–H groups in total. The van der Waals surface area contributed by atoms with E-state index in [1.54, 1.807) is 6.20 Å². The van der Waals surface area contributed by atoms with Crippen LogP contribution in [-0.4, -0.2) is 34.9 Å². The Labute approximate surface area is 173 Å². The van der Waals surface area contributed by atoms with E-state index in [0.29, 0.717) is 13.0 Å². The number of halogens is 4. The van der Waals surface area contributed by atoms with Crippen LogP contribution in [0, 0.1) is 0 Å². The molecule has 1 unspecified atom stereocenters. The highest BCUT2D eigenvalue weighted by Crippen LogP contribution is 2.45. The van der Waals surface area contributed by atoms with Crippen molar-refractivity contribution in [1.29, 1.82) is 0 Å². The van der Waals surface area contributed by atoms with Gasteiger partial charge in [0.05, 0.1) is 17.3 Å². The molecule has 2 atom stereocenters. The third kappa shape index (κ3) is 4.12. The number of hydrogen-bond donors (Lipinski definition) is 1. The van der Waals surface area contributed by atoms with Crippen molar-refractivity contribution in [1.82, 2.24) is 15.2 Å². The first kappa shape index (κ1) is 21.6. The maximum Gasteiger partial charge on any atom is 0.416 e. The maximum atomic E-state index is 12.8. The van der Waals surface area contributed by atoms with Crippen molar-refractivity contribution in [2.75, 3.05) is 13.6 Å². The summed E-state index contributed by atoms with van der Waals surface area (Å²) >= 11 is 0. The Bertz CT molecular complexity index is 887. The van der Waals surface area contributed by atoms with Gasteiger partial charge in [-0.25, -0.2) is 0 Å². The van der Waals surface area contributed by atoms with Gasteiger partial charge in [-0.15, -0.1) is 12.4 Å². The number of carbonyl (C=O) groups is 1. The highest BCUT2D eigenvalue weighted by Gasteiger charge is 2.47. The molecule has 156 valence electrons. The van der Waals surface area contributed by atoms with E-state index in [1.807, 2.05) is 19.2 Å². The molecule has 4 nitrogen and oxygen atoms in total. The zero-order chi connectivity index (χ0) is 19.9. The molecular formula is C21H23ClF3N3O. The summed E-state index contributed by atoms with van der Waals surface area (Å²) in [6, 6.07) is 9.05. The first-order chi connectivity index (χ1) is 13.3. The lowest BCUT2D eigenvalue weighted by Crippen LogP contribution is -2.52. The fourth-order valence-electron chi connectivity index (χ4n) is 4.51. The average molecular weight is 426 g/mol. The van der Waals surface area contributed by atoms with Gasteiger partial charge in [-0.2, -0.15) is 13.2 Å². The molecule has 29 heavy (non-hydrogen) atoms. The smallest absolute Gasteiger partial charge is 0.356 e. The van der Waals surface area contributed by atoms with Crippen LogP contribution in [0.25, 0.3) is 11.1 Å². The summed E-state index contributed by atoms with van der Waals surface area (Å²) in [4.78, 5) is 18.7. The van der Waals surface area contributed by atoms with E-state index in [9.17, 15) is 18.0 Å². The molecule has 2 saturated heterocycles. The van der Waals surface area contributed by atoms with Gasteiger partial charge < -0.3 is 5.32 Å². The number of hydrogen-bond acceptors (Lipinski definition) is 3. The molecule has 1 spiro atoms. The first-order valence-corrected chi connectivity index (χ1v) is 9.42. The molecule has 0 aliphatic carbocycles. The number of nitrogens with one attached hydrogen (secondary N) is 1. The summed E-state index contributed by atoms with van der Waals surface area (Å²) in [6.45, 7) is 0.689. The predicted octanol–water partition coefficient (Wildman–Crippen LogP) is 4.60. The van der Waals surface area contributed by atoms with Crippen molar-refractivity contribution in [3.05, 3.63) is 53.9 Å². The van der Waals surface area contributed by atoms with Crippen molar-refractivity contribution in [3.8, 4) is 11.1 Å². The van der Waals surface area contributed by atoms with Gasteiger partial charge in [0.15, 0.2) is 0 Å². The van der Waals surface area contributed by atoms with Gasteiger partial charge >= 0.3 is 6.18 Å². The highest BCUT2D eigenvalue weighted by molar-refractivity contribution is 5.85. The SMILES string of the molecule is CN1[C@@H](c2cc(-c3ccc(C(F)(F)F)cc3)ccn2)CCC12CCNC(=O)C2.Cl. The molecule has 0 saturated carbocycles. The zero-order valence-electron chi connectivity index (χ0n) is 16.0. The van der Waals surface area contributed by atoms with E-state index < -0.39 is 11.7 Å². The van der Waals surface area contributed by atoms with E-state index in [4.69, 9.17) is 0 Å². The number of rotatable bonds is 2. The van der Waals surface area contributed by atoms with Crippen molar-refractivity contribution < 1.29 is 18.0 Å². The lowest BCUT2D eigenvalue weighted by molar-refractivity contribution is -0.137. The molecule has 2 aliphatic heterocycles. The Morgan fingerprint density at radius 2 is 1.86 bits per heavy atom. The van der Waals surface area contributed by atoms with Crippen LogP contribution in [0.3, 0.4) is 0 Å². The number of alkyl halides is 3. The molecule has 3 heterocycles. The molecule has 1 amide bonds. The molecular weight excluding hydrogens is 403 g/mol. The standard InChI is InChI=1S/C21H22F3N3O.ClH/c1-27-18(6-8-20(27)9-11-26-19(28)13-20)17-12-15(7-10-25-17)14-2-4-16(5-3-14)21(22,23)24;/h2-5,7,10,12,18H,6,8-9,11,13H2,1H3,(H,26,28);1H/t18-,20?;/m1./s1. The third-order valence-corrected chi connectivity index (χ3v) is 6.17. The van der Waals surface area contributed by atoms with E-state index in [1.165, 1.54) is 12.1 Å². The van der Waals surface area contributed by atoms with Crippen molar-refractivity contribution in [2.24, 2.45) is 0 Å².